The van der Waals surface area contributed by atoms with Gasteiger partial charge in [-0.05, 0) is 36.5 Å². The molecule has 112 valence electrons. The van der Waals surface area contributed by atoms with Crippen molar-refractivity contribution < 1.29 is 13.2 Å². The van der Waals surface area contributed by atoms with E-state index in [9.17, 15) is 8.42 Å². The average molecular weight is 297 g/mol. The van der Waals surface area contributed by atoms with Gasteiger partial charge in [-0.15, -0.1) is 0 Å². The third-order valence-corrected chi connectivity index (χ3v) is 5.80. The summed E-state index contributed by atoms with van der Waals surface area (Å²) in [6.07, 6.45) is 1.77. The van der Waals surface area contributed by atoms with Crippen molar-refractivity contribution in [3.63, 3.8) is 0 Å². The Hall–Kier alpha value is -0.910. The zero-order valence-corrected chi connectivity index (χ0v) is 13.2. The van der Waals surface area contributed by atoms with E-state index in [1.165, 1.54) is 0 Å². The molecule has 0 aliphatic carbocycles. The lowest BCUT2D eigenvalue weighted by atomic mass is 10.0. The zero-order valence-electron chi connectivity index (χ0n) is 12.4. The molecule has 1 aliphatic rings. The second-order valence-corrected chi connectivity index (χ2v) is 7.48. The lowest BCUT2D eigenvalue weighted by molar-refractivity contribution is 0.149. The van der Waals surface area contributed by atoms with Crippen LogP contribution in [0.3, 0.4) is 0 Å². The van der Waals surface area contributed by atoms with Gasteiger partial charge < -0.3 is 4.74 Å². The zero-order chi connectivity index (χ0) is 14.8. The smallest absolute Gasteiger partial charge is 0.243 e. The molecule has 0 saturated carbocycles. The van der Waals surface area contributed by atoms with E-state index in [-0.39, 0.29) is 6.04 Å². The summed E-state index contributed by atoms with van der Waals surface area (Å²) in [6.45, 7) is 5.24. The predicted octanol–water partition coefficient (Wildman–Crippen LogP) is 2.61. The molecule has 20 heavy (non-hydrogen) atoms. The van der Waals surface area contributed by atoms with Gasteiger partial charge in [-0.1, -0.05) is 26.0 Å². The van der Waals surface area contributed by atoms with Crippen molar-refractivity contribution >= 4 is 10.0 Å². The molecular weight excluding hydrogens is 274 g/mol. The van der Waals surface area contributed by atoms with Crippen molar-refractivity contribution in [3.05, 3.63) is 29.8 Å². The molecule has 2 rings (SSSR count). The molecule has 4 nitrogen and oxygen atoms in total. The molecule has 0 radical (unpaired) electrons. The fraction of sp³-hybridized carbons (Fsp3) is 0.600. The number of hydrogen-bond acceptors (Lipinski definition) is 3. The normalized spacial score (nSPS) is 20.7. The van der Waals surface area contributed by atoms with Crippen molar-refractivity contribution in [2.75, 3.05) is 20.3 Å². The summed E-state index contributed by atoms with van der Waals surface area (Å²) in [6, 6.07) is 7.20. The summed E-state index contributed by atoms with van der Waals surface area (Å²) in [4.78, 5) is 0.380. The van der Waals surface area contributed by atoms with Crippen molar-refractivity contribution in [3.8, 4) is 0 Å². The summed E-state index contributed by atoms with van der Waals surface area (Å²) in [5, 5.41) is 0. The summed E-state index contributed by atoms with van der Waals surface area (Å²) >= 11 is 0. The average Bonchev–Trinajstić information content (AvgIpc) is 2.88. The third-order valence-electron chi connectivity index (χ3n) is 3.84. The number of nitrogens with zero attached hydrogens (tertiary/aromatic N) is 1. The van der Waals surface area contributed by atoms with Crippen LogP contribution in [0.4, 0.5) is 0 Å². The Labute approximate surface area is 121 Å². The Morgan fingerprint density at radius 1 is 1.30 bits per heavy atom. The Morgan fingerprint density at radius 2 is 1.95 bits per heavy atom. The van der Waals surface area contributed by atoms with E-state index in [0.29, 0.717) is 24.0 Å². The predicted molar refractivity (Wildman–Crippen MR) is 79.3 cm³/mol. The molecule has 5 heteroatoms. The van der Waals surface area contributed by atoms with Gasteiger partial charge in [0, 0.05) is 19.7 Å². The first-order valence-corrected chi connectivity index (χ1v) is 8.51. The van der Waals surface area contributed by atoms with Crippen LogP contribution in [-0.4, -0.2) is 39.0 Å². The summed E-state index contributed by atoms with van der Waals surface area (Å²) < 4.78 is 32.1. The molecule has 0 amide bonds. The summed E-state index contributed by atoms with van der Waals surface area (Å²) in [5.41, 5.74) is 1.15. The molecule has 0 spiro atoms. The molecule has 1 aromatic rings. The van der Waals surface area contributed by atoms with Crippen molar-refractivity contribution in [1.29, 1.82) is 0 Å². The molecule has 1 fully saturated rings. The Bertz CT molecular complexity index is 537. The molecule has 0 unspecified atom stereocenters. The van der Waals surface area contributed by atoms with Gasteiger partial charge in [0.2, 0.25) is 10.0 Å². The molecule has 1 atom stereocenters. The van der Waals surface area contributed by atoms with Crippen LogP contribution in [0.25, 0.3) is 0 Å². The number of rotatable bonds is 5. The monoisotopic (exact) mass is 297 g/mol. The summed E-state index contributed by atoms with van der Waals surface area (Å²) in [7, 11) is -1.79. The highest BCUT2D eigenvalue weighted by Gasteiger charge is 2.35. The van der Waals surface area contributed by atoms with E-state index >= 15 is 0 Å². The highest BCUT2D eigenvalue weighted by Crippen LogP contribution is 2.27. The minimum Gasteiger partial charge on any atom is -0.383 e. The van der Waals surface area contributed by atoms with Gasteiger partial charge in [0.05, 0.1) is 11.5 Å². The van der Waals surface area contributed by atoms with E-state index in [1.807, 2.05) is 12.1 Å². The Kier molecular flexibility index (Phi) is 4.83. The lowest BCUT2D eigenvalue weighted by Gasteiger charge is -2.23. The van der Waals surface area contributed by atoms with Crippen LogP contribution in [0.5, 0.6) is 0 Å². The van der Waals surface area contributed by atoms with Crippen LogP contribution in [0.15, 0.2) is 29.2 Å². The second-order valence-electron chi connectivity index (χ2n) is 5.59. The van der Waals surface area contributed by atoms with Crippen LogP contribution in [0.2, 0.25) is 0 Å². The second kappa shape index (κ2) is 6.24. The molecule has 0 N–H and O–H groups in total. The molecule has 0 bridgehead atoms. The van der Waals surface area contributed by atoms with Crippen molar-refractivity contribution in [1.82, 2.24) is 4.31 Å². The molecular formula is C15H23NO3S. The van der Waals surface area contributed by atoms with Gasteiger partial charge in [-0.3, -0.25) is 0 Å². The van der Waals surface area contributed by atoms with Gasteiger partial charge in [0.1, 0.15) is 0 Å². The van der Waals surface area contributed by atoms with E-state index in [1.54, 1.807) is 23.5 Å². The van der Waals surface area contributed by atoms with Crippen molar-refractivity contribution in [2.24, 2.45) is 0 Å². The van der Waals surface area contributed by atoms with E-state index in [4.69, 9.17) is 4.74 Å². The van der Waals surface area contributed by atoms with Crippen LogP contribution < -0.4 is 0 Å². The fourth-order valence-electron chi connectivity index (χ4n) is 2.64. The minimum absolute atomic E-state index is 0.0326. The molecule has 1 saturated heterocycles. The van der Waals surface area contributed by atoms with Gasteiger partial charge >= 0.3 is 0 Å². The first kappa shape index (κ1) is 15.5. The highest BCUT2D eigenvalue weighted by atomic mass is 32.2. The van der Waals surface area contributed by atoms with Gasteiger partial charge in [-0.2, -0.15) is 4.31 Å². The third kappa shape index (κ3) is 3.05. The maximum Gasteiger partial charge on any atom is 0.243 e. The molecule has 0 aromatic heterocycles. The van der Waals surface area contributed by atoms with Crippen LogP contribution >= 0.6 is 0 Å². The number of hydrogen-bond donors (Lipinski definition) is 0. The summed E-state index contributed by atoms with van der Waals surface area (Å²) in [5.74, 6) is 0.403. The first-order chi connectivity index (χ1) is 9.46. The van der Waals surface area contributed by atoms with Gasteiger partial charge in [0.15, 0.2) is 0 Å². The van der Waals surface area contributed by atoms with Crippen LogP contribution in [0.1, 0.15) is 38.2 Å². The maximum atomic E-state index is 12.7. The Balaban J connectivity index is 2.25. The number of sulfonamides is 1. The number of benzene rings is 1. The minimum atomic E-state index is -3.40. The molecule has 1 aromatic carbocycles. The maximum absolute atomic E-state index is 12.7. The Morgan fingerprint density at radius 3 is 2.50 bits per heavy atom. The number of methoxy groups -OCH3 is 1. The molecule has 1 heterocycles. The number of ether oxygens (including phenoxy) is 1. The van der Waals surface area contributed by atoms with E-state index in [0.717, 1.165) is 18.4 Å². The highest BCUT2D eigenvalue weighted by molar-refractivity contribution is 7.89. The lowest BCUT2D eigenvalue weighted by Crippen LogP contribution is -2.38. The van der Waals surface area contributed by atoms with Gasteiger partial charge in [-0.25, -0.2) is 8.42 Å². The quantitative estimate of drug-likeness (QED) is 0.839. The fourth-order valence-corrected chi connectivity index (χ4v) is 4.32. The van der Waals surface area contributed by atoms with E-state index in [2.05, 4.69) is 13.8 Å². The van der Waals surface area contributed by atoms with Crippen molar-refractivity contribution in [2.45, 2.75) is 43.5 Å². The standard InChI is InChI=1S/C15H23NO3S/c1-12(2)13-6-8-15(9-7-13)20(17,18)16-10-4-5-14(16)11-19-3/h6-9,12,14H,4-5,10-11H2,1-3H3/t14-/m0/s1. The largest absolute Gasteiger partial charge is 0.383 e. The molecule has 1 aliphatic heterocycles. The first-order valence-electron chi connectivity index (χ1n) is 7.07. The van der Waals surface area contributed by atoms with E-state index < -0.39 is 10.0 Å². The van der Waals surface area contributed by atoms with Crippen LogP contribution in [-0.2, 0) is 14.8 Å². The van der Waals surface area contributed by atoms with Crippen LogP contribution in [0, 0.1) is 0 Å². The van der Waals surface area contributed by atoms with Gasteiger partial charge in [0.25, 0.3) is 0 Å². The SMILES string of the molecule is COC[C@@H]1CCCN1S(=O)(=O)c1ccc(C(C)C)cc1. The topological polar surface area (TPSA) is 46.6 Å².